The van der Waals surface area contributed by atoms with Crippen LogP contribution in [0.1, 0.15) is 11.5 Å². The molecule has 2 bridgehead atoms. The zero-order valence-corrected chi connectivity index (χ0v) is 13.5. The van der Waals surface area contributed by atoms with E-state index in [-0.39, 0.29) is 21.7 Å². The summed E-state index contributed by atoms with van der Waals surface area (Å²) in [7, 11) is 1.31. The molecule has 110 valence electrons. The topological polar surface area (TPSA) is 55.8 Å². The van der Waals surface area contributed by atoms with Gasteiger partial charge in [-0.25, -0.2) is 9.69 Å². The van der Waals surface area contributed by atoms with E-state index in [1.807, 2.05) is 36.4 Å². The van der Waals surface area contributed by atoms with Gasteiger partial charge >= 0.3 is 12.1 Å². The van der Waals surface area contributed by atoms with E-state index in [1.165, 1.54) is 12.0 Å². The van der Waals surface area contributed by atoms with Crippen LogP contribution in [0.5, 0.6) is 0 Å². The molecule has 5 nitrogen and oxygen atoms in total. The SMILES string of the molecule is COC(=O)N1C=CC2C(c3ccccc3)C(=O)OC1[C@H]2I. The number of methoxy groups -OCH3 is 1. The van der Waals surface area contributed by atoms with E-state index in [9.17, 15) is 9.59 Å². The van der Waals surface area contributed by atoms with Crippen molar-refractivity contribution >= 4 is 34.7 Å². The molecule has 2 heterocycles. The van der Waals surface area contributed by atoms with Gasteiger partial charge in [0.2, 0.25) is 0 Å². The predicted molar refractivity (Wildman–Crippen MR) is 83.7 cm³/mol. The monoisotopic (exact) mass is 399 g/mol. The molecule has 0 radical (unpaired) electrons. The molecule has 1 aromatic carbocycles. The summed E-state index contributed by atoms with van der Waals surface area (Å²) in [6, 6.07) is 9.58. The average Bonchev–Trinajstić information content (AvgIpc) is 2.49. The predicted octanol–water partition coefficient (Wildman–Crippen LogP) is 2.67. The third kappa shape index (κ3) is 2.41. The van der Waals surface area contributed by atoms with E-state index in [1.54, 1.807) is 6.20 Å². The van der Waals surface area contributed by atoms with Gasteiger partial charge in [-0.15, -0.1) is 0 Å². The number of nitrogens with zero attached hydrogens (tertiary/aromatic N) is 1. The van der Waals surface area contributed by atoms with E-state index >= 15 is 0 Å². The molecule has 1 fully saturated rings. The van der Waals surface area contributed by atoms with Crippen molar-refractivity contribution in [2.24, 2.45) is 5.92 Å². The Hall–Kier alpha value is -1.57. The smallest absolute Gasteiger partial charge is 0.416 e. The highest BCUT2D eigenvalue weighted by Gasteiger charge is 2.49. The maximum atomic E-state index is 12.4. The fourth-order valence-electron chi connectivity index (χ4n) is 2.78. The first kappa shape index (κ1) is 14.4. The van der Waals surface area contributed by atoms with Gasteiger partial charge < -0.3 is 9.47 Å². The molecule has 6 heteroatoms. The Morgan fingerprint density at radius 2 is 2.05 bits per heavy atom. The summed E-state index contributed by atoms with van der Waals surface area (Å²) >= 11 is 2.24. The lowest BCUT2D eigenvalue weighted by molar-refractivity contribution is -0.166. The first-order valence-corrected chi connectivity index (χ1v) is 7.82. The van der Waals surface area contributed by atoms with Crippen LogP contribution in [0.25, 0.3) is 0 Å². The Bertz CT molecular complexity index is 589. The highest BCUT2D eigenvalue weighted by molar-refractivity contribution is 14.1. The number of carbonyl (C=O) groups is 2. The molecular weight excluding hydrogens is 385 g/mol. The molecule has 2 aliphatic heterocycles. The maximum Gasteiger partial charge on any atom is 0.416 e. The van der Waals surface area contributed by atoms with Crippen LogP contribution >= 0.6 is 22.6 Å². The number of ether oxygens (including phenoxy) is 2. The van der Waals surface area contributed by atoms with Crippen molar-refractivity contribution in [2.75, 3.05) is 7.11 Å². The second-order valence-corrected chi connectivity index (χ2v) is 6.39. The van der Waals surface area contributed by atoms with Crippen LogP contribution in [0.4, 0.5) is 4.79 Å². The Morgan fingerprint density at radius 3 is 2.71 bits per heavy atom. The van der Waals surface area contributed by atoms with E-state index in [0.717, 1.165) is 5.56 Å². The second kappa shape index (κ2) is 5.67. The minimum absolute atomic E-state index is 0.000145. The summed E-state index contributed by atoms with van der Waals surface area (Å²) in [5.41, 5.74) is 0.934. The lowest BCUT2D eigenvalue weighted by atomic mass is 9.80. The molecule has 0 saturated carbocycles. The zero-order chi connectivity index (χ0) is 15.0. The summed E-state index contributed by atoms with van der Waals surface area (Å²) < 4.78 is 10.2. The van der Waals surface area contributed by atoms with Gasteiger partial charge in [0.15, 0.2) is 6.23 Å². The number of amides is 1. The molecule has 1 saturated heterocycles. The number of benzene rings is 1. The maximum absolute atomic E-state index is 12.4. The van der Waals surface area contributed by atoms with Gasteiger partial charge in [0.25, 0.3) is 0 Å². The molecule has 0 spiro atoms. The number of alkyl halides is 1. The molecule has 2 aliphatic rings. The Morgan fingerprint density at radius 1 is 1.33 bits per heavy atom. The van der Waals surface area contributed by atoms with Gasteiger partial charge in [-0.05, 0) is 5.56 Å². The molecule has 3 unspecified atom stereocenters. The number of halogens is 1. The van der Waals surface area contributed by atoms with Crippen LogP contribution in [0.15, 0.2) is 42.6 Å². The molecular formula is C15H14INO4. The molecule has 1 aromatic rings. The highest BCUT2D eigenvalue weighted by atomic mass is 127. The number of rotatable bonds is 1. The number of carbonyl (C=O) groups excluding carboxylic acids is 2. The number of allylic oxidation sites excluding steroid dienone is 1. The fraction of sp³-hybridized carbons (Fsp3) is 0.333. The number of hydrogen-bond acceptors (Lipinski definition) is 4. The second-order valence-electron chi connectivity index (χ2n) is 4.96. The van der Waals surface area contributed by atoms with Crippen LogP contribution in [0.3, 0.4) is 0 Å². The molecule has 3 rings (SSSR count). The largest absolute Gasteiger partial charge is 0.452 e. The summed E-state index contributed by atoms with van der Waals surface area (Å²) in [5.74, 6) is -0.636. The molecule has 0 N–H and O–H groups in total. The van der Waals surface area contributed by atoms with Gasteiger partial charge in [-0.3, -0.25) is 4.79 Å². The van der Waals surface area contributed by atoms with Crippen LogP contribution in [-0.2, 0) is 14.3 Å². The van der Waals surface area contributed by atoms with Gasteiger partial charge in [0, 0.05) is 12.1 Å². The number of fused-ring (bicyclic) bond motifs is 2. The van der Waals surface area contributed by atoms with Crippen molar-refractivity contribution in [1.82, 2.24) is 4.90 Å². The van der Waals surface area contributed by atoms with Crippen LogP contribution in [0.2, 0.25) is 0 Å². The van der Waals surface area contributed by atoms with Gasteiger partial charge in [-0.2, -0.15) is 0 Å². The van der Waals surface area contributed by atoms with E-state index in [4.69, 9.17) is 9.47 Å². The zero-order valence-electron chi connectivity index (χ0n) is 11.3. The summed E-state index contributed by atoms with van der Waals surface area (Å²) in [6.45, 7) is 0. The van der Waals surface area contributed by atoms with Gasteiger partial charge in [-0.1, -0.05) is 59.0 Å². The minimum Gasteiger partial charge on any atom is -0.452 e. The van der Waals surface area contributed by atoms with Crippen LogP contribution < -0.4 is 0 Å². The number of esters is 1. The van der Waals surface area contributed by atoms with Crippen LogP contribution in [-0.4, -0.2) is 34.2 Å². The van der Waals surface area contributed by atoms with Crippen molar-refractivity contribution in [3.8, 4) is 0 Å². The lowest BCUT2D eigenvalue weighted by Crippen LogP contribution is -2.55. The first-order chi connectivity index (χ1) is 10.1. The van der Waals surface area contributed by atoms with Crippen molar-refractivity contribution in [2.45, 2.75) is 16.1 Å². The van der Waals surface area contributed by atoms with Crippen LogP contribution in [0, 0.1) is 5.92 Å². The van der Waals surface area contributed by atoms with Gasteiger partial charge in [0.1, 0.15) is 0 Å². The quantitative estimate of drug-likeness (QED) is 0.414. The van der Waals surface area contributed by atoms with Crippen molar-refractivity contribution in [3.05, 3.63) is 48.2 Å². The minimum atomic E-state index is -0.611. The summed E-state index contributed by atoms with van der Waals surface area (Å²) in [6.07, 6.45) is 2.41. The first-order valence-electron chi connectivity index (χ1n) is 6.57. The van der Waals surface area contributed by atoms with Crippen molar-refractivity contribution in [3.63, 3.8) is 0 Å². The molecule has 1 amide bonds. The Labute approximate surface area is 136 Å². The normalized spacial score (nSPS) is 30.8. The van der Waals surface area contributed by atoms with Gasteiger partial charge in [0.05, 0.1) is 17.0 Å². The Balaban J connectivity index is 1.96. The number of hydrogen-bond donors (Lipinski definition) is 0. The average molecular weight is 399 g/mol. The summed E-state index contributed by atoms with van der Waals surface area (Å²) in [4.78, 5) is 25.4. The molecule has 0 aromatic heterocycles. The molecule has 21 heavy (non-hydrogen) atoms. The molecule has 4 atom stereocenters. The third-order valence-corrected chi connectivity index (χ3v) is 5.25. The third-order valence-electron chi connectivity index (χ3n) is 3.80. The summed E-state index contributed by atoms with van der Waals surface area (Å²) in [5, 5.41) is 0. The fourth-order valence-corrected chi connectivity index (χ4v) is 3.93. The lowest BCUT2D eigenvalue weighted by Gasteiger charge is -2.44. The van der Waals surface area contributed by atoms with E-state index in [2.05, 4.69) is 22.6 Å². The van der Waals surface area contributed by atoms with Crippen molar-refractivity contribution in [1.29, 1.82) is 0 Å². The Kier molecular flexibility index (Phi) is 3.88. The highest BCUT2D eigenvalue weighted by Crippen LogP contribution is 2.43. The molecule has 0 aliphatic carbocycles. The standard InChI is InChI=1S/C15H14INO4/c1-20-15(19)17-8-7-10-11(9-5-3-2-4-6-9)14(18)21-13(17)12(10)16/h2-8,10-13H,1H3/t10?,11?,12-,13?/m0/s1. The van der Waals surface area contributed by atoms with E-state index < -0.39 is 12.3 Å². The van der Waals surface area contributed by atoms with Crippen molar-refractivity contribution < 1.29 is 19.1 Å². The van der Waals surface area contributed by atoms with E-state index in [0.29, 0.717) is 0 Å².